The van der Waals surface area contributed by atoms with Gasteiger partial charge in [-0.1, -0.05) is 6.42 Å². The van der Waals surface area contributed by atoms with Gasteiger partial charge in [-0.15, -0.1) is 0 Å². The van der Waals surface area contributed by atoms with Crippen molar-refractivity contribution >= 4 is 17.7 Å². The number of imide groups is 1. The van der Waals surface area contributed by atoms with Crippen molar-refractivity contribution in [2.45, 2.75) is 31.7 Å². The number of nitrogens with zero attached hydrogens (tertiary/aromatic N) is 1. The van der Waals surface area contributed by atoms with Crippen molar-refractivity contribution in [3.63, 3.8) is 0 Å². The van der Waals surface area contributed by atoms with Crippen LogP contribution in [0.5, 0.6) is 0 Å². The molecule has 3 amide bonds. The number of amides is 3. The zero-order chi connectivity index (χ0) is 12.4. The van der Waals surface area contributed by atoms with Crippen molar-refractivity contribution in [1.29, 1.82) is 0 Å². The number of piperazine rings is 1. The van der Waals surface area contributed by atoms with Gasteiger partial charge in [0.1, 0.15) is 13.1 Å². The molecule has 17 heavy (non-hydrogen) atoms. The molecule has 0 aromatic heterocycles. The van der Waals surface area contributed by atoms with Gasteiger partial charge in [0.2, 0.25) is 17.7 Å². The van der Waals surface area contributed by atoms with Crippen LogP contribution in [0.25, 0.3) is 0 Å². The Balaban J connectivity index is 1.98. The summed E-state index contributed by atoms with van der Waals surface area (Å²) in [6.07, 6.45) is 3.35. The Morgan fingerprint density at radius 2 is 1.88 bits per heavy atom. The van der Waals surface area contributed by atoms with E-state index < -0.39 is 11.8 Å². The Morgan fingerprint density at radius 3 is 2.47 bits per heavy atom. The molecular weight excluding hydrogens is 222 g/mol. The van der Waals surface area contributed by atoms with Gasteiger partial charge in [-0.2, -0.15) is 0 Å². The molecule has 2 unspecified atom stereocenters. The fraction of sp³-hybridized carbons (Fsp3) is 0.727. The van der Waals surface area contributed by atoms with E-state index in [1.54, 1.807) is 0 Å². The molecule has 2 rings (SSSR count). The van der Waals surface area contributed by atoms with Crippen LogP contribution in [0, 0.1) is 5.92 Å². The van der Waals surface area contributed by atoms with Crippen molar-refractivity contribution in [2.24, 2.45) is 11.7 Å². The molecule has 1 aliphatic carbocycles. The molecule has 2 aliphatic rings. The second-order valence-corrected chi connectivity index (χ2v) is 4.79. The lowest BCUT2D eigenvalue weighted by atomic mass is 9.85. The second-order valence-electron chi connectivity index (χ2n) is 4.79. The Morgan fingerprint density at radius 1 is 1.24 bits per heavy atom. The third kappa shape index (κ3) is 2.82. The van der Waals surface area contributed by atoms with E-state index in [9.17, 15) is 14.4 Å². The summed E-state index contributed by atoms with van der Waals surface area (Å²) in [5.41, 5.74) is 5.83. The molecule has 1 saturated heterocycles. The number of rotatable bonds is 1. The molecule has 1 heterocycles. The number of hydrogen-bond acceptors (Lipinski definition) is 4. The number of hydrogen-bond donors (Lipinski definition) is 2. The summed E-state index contributed by atoms with van der Waals surface area (Å²) in [7, 11) is 0. The van der Waals surface area contributed by atoms with Crippen LogP contribution in [0.1, 0.15) is 25.7 Å². The average Bonchev–Trinajstić information content (AvgIpc) is 2.26. The summed E-state index contributed by atoms with van der Waals surface area (Å²) in [4.78, 5) is 35.8. The SMILES string of the molecule is NC1CCCC(C(=O)N2CC(=O)NC(=O)C2)C1. The van der Waals surface area contributed by atoms with Gasteiger partial charge in [0.05, 0.1) is 0 Å². The highest BCUT2D eigenvalue weighted by Crippen LogP contribution is 2.25. The summed E-state index contributed by atoms with van der Waals surface area (Å²) in [5, 5.41) is 2.18. The summed E-state index contributed by atoms with van der Waals surface area (Å²) in [5.74, 6) is -1.05. The third-order valence-corrected chi connectivity index (χ3v) is 3.32. The highest BCUT2D eigenvalue weighted by molar-refractivity contribution is 6.02. The first-order chi connectivity index (χ1) is 8.06. The Bertz CT molecular complexity index is 340. The van der Waals surface area contributed by atoms with E-state index >= 15 is 0 Å². The van der Waals surface area contributed by atoms with E-state index in [1.165, 1.54) is 4.90 Å². The van der Waals surface area contributed by atoms with Crippen molar-refractivity contribution < 1.29 is 14.4 Å². The molecular formula is C11H17N3O3. The number of carbonyl (C=O) groups is 3. The average molecular weight is 239 g/mol. The maximum absolute atomic E-state index is 12.1. The van der Waals surface area contributed by atoms with Crippen LogP contribution in [0.2, 0.25) is 0 Å². The molecule has 2 fully saturated rings. The molecule has 2 atom stereocenters. The van der Waals surface area contributed by atoms with Crippen molar-refractivity contribution in [3.05, 3.63) is 0 Å². The first-order valence-corrected chi connectivity index (χ1v) is 5.93. The topological polar surface area (TPSA) is 92.5 Å². The Labute approximate surface area is 99.5 Å². The number of nitrogens with one attached hydrogen (secondary N) is 1. The fourth-order valence-corrected chi connectivity index (χ4v) is 2.50. The van der Waals surface area contributed by atoms with Crippen molar-refractivity contribution in [3.8, 4) is 0 Å². The van der Waals surface area contributed by atoms with Crippen LogP contribution in [0.4, 0.5) is 0 Å². The zero-order valence-electron chi connectivity index (χ0n) is 9.65. The summed E-state index contributed by atoms with van der Waals surface area (Å²) >= 11 is 0. The van der Waals surface area contributed by atoms with Crippen LogP contribution in [-0.2, 0) is 14.4 Å². The molecule has 94 valence electrons. The van der Waals surface area contributed by atoms with Gasteiger partial charge in [-0.3, -0.25) is 19.7 Å². The zero-order valence-corrected chi connectivity index (χ0v) is 9.65. The summed E-state index contributed by atoms with van der Waals surface area (Å²) in [6, 6.07) is 0.0621. The molecule has 0 aromatic carbocycles. The summed E-state index contributed by atoms with van der Waals surface area (Å²) < 4.78 is 0. The maximum Gasteiger partial charge on any atom is 0.246 e. The van der Waals surface area contributed by atoms with E-state index in [0.29, 0.717) is 6.42 Å². The first-order valence-electron chi connectivity index (χ1n) is 5.93. The lowest BCUT2D eigenvalue weighted by molar-refractivity contribution is -0.148. The monoisotopic (exact) mass is 239 g/mol. The number of nitrogens with two attached hydrogens (primary N) is 1. The van der Waals surface area contributed by atoms with Crippen LogP contribution in [0.15, 0.2) is 0 Å². The van der Waals surface area contributed by atoms with E-state index in [2.05, 4.69) is 5.32 Å². The Kier molecular flexibility index (Phi) is 3.42. The lowest BCUT2D eigenvalue weighted by Crippen LogP contribution is -2.55. The van der Waals surface area contributed by atoms with Gasteiger partial charge < -0.3 is 10.6 Å². The molecule has 0 radical (unpaired) electrons. The molecule has 0 spiro atoms. The minimum absolute atomic E-state index is 0.0175. The van der Waals surface area contributed by atoms with Gasteiger partial charge in [-0.25, -0.2) is 0 Å². The molecule has 6 heteroatoms. The largest absolute Gasteiger partial charge is 0.328 e. The fourth-order valence-electron chi connectivity index (χ4n) is 2.50. The second kappa shape index (κ2) is 4.83. The number of carbonyl (C=O) groups excluding carboxylic acids is 3. The van der Waals surface area contributed by atoms with Crippen LogP contribution >= 0.6 is 0 Å². The maximum atomic E-state index is 12.1. The van der Waals surface area contributed by atoms with Gasteiger partial charge in [-0.05, 0) is 19.3 Å². The molecule has 1 aliphatic heterocycles. The van der Waals surface area contributed by atoms with E-state index in [-0.39, 0.29) is 31.0 Å². The highest BCUT2D eigenvalue weighted by Gasteiger charge is 2.33. The lowest BCUT2D eigenvalue weighted by Gasteiger charge is -2.32. The summed E-state index contributed by atoms with van der Waals surface area (Å²) in [6.45, 7) is -0.0351. The van der Waals surface area contributed by atoms with Crippen molar-refractivity contribution in [1.82, 2.24) is 10.2 Å². The Hall–Kier alpha value is -1.43. The van der Waals surface area contributed by atoms with E-state index in [4.69, 9.17) is 5.73 Å². The van der Waals surface area contributed by atoms with Crippen LogP contribution in [0.3, 0.4) is 0 Å². The van der Waals surface area contributed by atoms with Gasteiger partial charge in [0.15, 0.2) is 0 Å². The van der Waals surface area contributed by atoms with Crippen molar-refractivity contribution in [2.75, 3.05) is 13.1 Å². The smallest absolute Gasteiger partial charge is 0.246 e. The molecule has 3 N–H and O–H groups in total. The predicted molar refractivity (Wildman–Crippen MR) is 59.7 cm³/mol. The normalized spacial score (nSPS) is 30.1. The quantitative estimate of drug-likeness (QED) is 0.573. The third-order valence-electron chi connectivity index (χ3n) is 3.32. The minimum atomic E-state index is -0.408. The highest BCUT2D eigenvalue weighted by atomic mass is 16.2. The molecule has 6 nitrogen and oxygen atoms in total. The van der Waals surface area contributed by atoms with E-state index in [1.807, 2.05) is 0 Å². The predicted octanol–water partition coefficient (Wildman–Crippen LogP) is -1.01. The molecule has 0 bridgehead atoms. The van der Waals surface area contributed by atoms with Gasteiger partial charge >= 0.3 is 0 Å². The molecule has 0 aromatic rings. The minimum Gasteiger partial charge on any atom is -0.328 e. The van der Waals surface area contributed by atoms with Crippen LogP contribution in [-0.4, -0.2) is 41.8 Å². The molecule has 1 saturated carbocycles. The van der Waals surface area contributed by atoms with Gasteiger partial charge in [0.25, 0.3) is 0 Å². The van der Waals surface area contributed by atoms with Gasteiger partial charge in [0, 0.05) is 12.0 Å². The van der Waals surface area contributed by atoms with Crippen LogP contribution < -0.4 is 11.1 Å². The van der Waals surface area contributed by atoms with E-state index in [0.717, 1.165) is 19.3 Å². The standard InChI is InChI=1S/C11H17N3O3/c12-8-3-1-2-7(4-8)11(17)14-5-9(15)13-10(16)6-14/h7-8H,1-6,12H2,(H,13,15,16). The first kappa shape index (κ1) is 12.0.